The molecule has 136 valence electrons. The lowest BCUT2D eigenvalue weighted by Gasteiger charge is -2.23. The smallest absolute Gasteiger partial charge is 0.352 e. The highest BCUT2D eigenvalue weighted by atomic mass is 79.9. The maximum atomic E-state index is 11.6. The Labute approximate surface area is 164 Å². The van der Waals surface area contributed by atoms with Crippen molar-refractivity contribution >= 4 is 27.7 Å². The van der Waals surface area contributed by atoms with E-state index in [1.54, 1.807) is 17.9 Å². The lowest BCUT2D eigenvalue weighted by molar-refractivity contribution is -0.132. The number of nitrogens with one attached hydrogen (secondary N) is 1. The largest absolute Gasteiger partial charge is 0.497 e. The number of rotatable bonds is 4. The quantitative estimate of drug-likeness (QED) is 0.651. The number of carboxylic acids is 1. The molecule has 2 heterocycles. The van der Waals surface area contributed by atoms with Gasteiger partial charge in [0.25, 0.3) is 0 Å². The first-order valence-electron chi connectivity index (χ1n) is 8.27. The van der Waals surface area contributed by atoms with E-state index in [1.165, 1.54) is 0 Å². The highest BCUT2D eigenvalue weighted by Crippen LogP contribution is 2.34. The summed E-state index contributed by atoms with van der Waals surface area (Å²) in [5, 5.41) is 17.1. The second-order valence-electron chi connectivity index (χ2n) is 6.09. The van der Waals surface area contributed by atoms with Gasteiger partial charge in [0, 0.05) is 16.1 Å². The van der Waals surface area contributed by atoms with E-state index >= 15 is 0 Å². The predicted octanol–water partition coefficient (Wildman–Crippen LogP) is 4.30. The van der Waals surface area contributed by atoms with Crippen LogP contribution in [0.15, 0.2) is 70.8 Å². The van der Waals surface area contributed by atoms with Crippen molar-refractivity contribution in [3.63, 3.8) is 0 Å². The van der Waals surface area contributed by atoms with Gasteiger partial charge in [-0.1, -0.05) is 40.2 Å². The summed E-state index contributed by atoms with van der Waals surface area (Å²) in [5.41, 5.74) is 2.77. The van der Waals surface area contributed by atoms with Crippen LogP contribution in [0.25, 0.3) is 11.3 Å². The first-order valence-corrected chi connectivity index (χ1v) is 9.06. The van der Waals surface area contributed by atoms with Crippen LogP contribution in [0.1, 0.15) is 11.6 Å². The zero-order valence-corrected chi connectivity index (χ0v) is 16.0. The molecule has 1 aromatic heterocycles. The minimum Gasteiger partial charge on any atom is -0.497 e. The number of ether oxygens (including phenoxy) is 1. The Morgan fingerprint density at radius 1 is 1.19 bits per heavy atom. The van der Waals surface area contributed by atoms with E-state index in [1.807, 2.05) is 54.6 Å². The third-order valence-corrected chi connectivity index (χ3v) is 4.94. The molecule has 3 aromatic rings. The van der Waals surface area contributed by atoms with Crippen molar-refractivity contribution in [3.8, 4) is 17.0 Å². The SMILES string of the molecule is COc1ccc(C2C=C(C(=O)O)Nc3cc(-c4ccc(Br)cc4)nn32)cc1. The fourth-order valence-electron chi connectivity index (χ4n) is 3.03. The number of carbonyl (C=O) groups is 1. The number of hydrogen-bond acceptors (Lipinski definition) is 4. The Hall–Kier alpha value is -3.06. The maximum Gasteiger partial charge on any atom is 0.352 e. The number of nitrogens with zero attached hydrogens (tertiary/aromatic N) is 2. The standard InChI is InChI=1S/C20H16BrN3O3/c1-27-15-8-4-13(5-9-15)18-10-17(20(25)26)22-19-11-16(23-24(18)19)12-2-6-14(21)7-3-12/h2-11,18,22H,1H3,(H,25,26). The van der Waals surface area contributed by atoms with Crippen molar-refractivity contribution in [2.24, 2.45) is 0 Å². The van der Waals surface area contributed by atoms with Crippen LogP contribution >= 0.6 is 15.9 Å². The molecular weight excluding hydrogens is 410 g/mol. The van der Waals surface area contributed by atoms with E-state index in [0.717, 1.165) is 27.0 Å². The number of methoxy groups -OCH3 is 1. The van der Waals surface area contributed by atoms with Crippen molar-refractivity contribution in [3.05, 3.63) is 76.4 Å². The molecular formula is C20H16BrN3O3. The molecule has 27 heavy (non-hydrogen) atoms. The first kappa shape index (κ1) is 17.4. The average molecular weight is 426 g/mol. The Bertz CT molecular complexity index is 1020. The summed E-state index contributed by atoms with van der Waals surface area (Å²) in [4.78, 5) is 11.6. The number of hydrogen-bond donors (Lipinski definition) is 2. The topological polar surface area (TPSA) is 76.4 Å². The number of aliphatic carboxylic acids is 1. The maximum absolute atomic E-state index is 11.6. The molecule has 1 unspecified atom stereocenters. The Morgan fingerprint density at radius 2 is 1.89 bits per heavy atom. The van der Waals surface area contributed by atoms with Gasteiger partial charge in [-0.05, 0) is 35.9 Å². The summed E-state index contributed by atoms with van der Waals surface area (Å²) >= 11 is 3.43. The van der Waals surface area contributed by atoms with E-state index in [4.69, 9.17) is 9.84 Å². The van der Waals surface area contributed by atoms with Gasteiger partial charge in [-0.15, -0.1) is 0 Å². The monoisotopic (exact) mass is 425 g/mol. The molecule has 4 rings (SSSR count). The molecule has 0 amide bonds. The van der Waals surface area contributed by atoms with E-state index < -0.39 is 5.97 Å². The summed E-state index contributed by atoms with van der Waals surface area (Å²) in [6.45, 7) is 0. The predicted molar refractivity (Wildman–Crippen MR) is 106 cm³/mol. The fraction of sp³-hybridized carbons (Fsp3) is 0.100. The van der Waals surface area contributed by atoms with E-state index in [2.05, 4.69) is 21.2 Å². The van der Waals surface area contributed by atoms with Crippen LogP contribution < -0.4 is 10.1 Å². The summed E-state index contributed by atoms with van der Waals surface area (Å²) in [6.07, 6.45) is 1.66. The molecule has 1 aliphatic heterocycles. The van der Waals surface area contributed by atoms with Crippen molar-refractivity contribution in [1.29, 1.82) is 0 Å². The molecule has 0 aliphatic carbocycles. The van der Waals surface area contributed by atoms with Gasteiger partial charge in [0.1, 0.15) is 17.3 Å². The van der Waals surface area contributed by atoms with E-state index in [-0.39, 0.29) is 11.7 Å². The summed E-state index contributed by atoms with van der Waals surface area (Å²) in [5.74, 6) is 0.367. The third-order valence-electron chi connectivity index (χ3n) is 4.41. The molecule has 6 nitrogen and oxygen atoms in total. The van der Waals surface area contributed by atoms with Gasteiger partial charge in [-0.25, -0.2) is 9.48 Å². The van der Waals surface area contributed by atoms with Crippen LogP contribution in [0.2, 0.25) is 0 Å². The number of aromatic nitrogens is 2. The first-order chi connectivity index (χ1) is 13.0. The van der Waals surface area contributed by atoms with Gasteiger partial charge >= 0.3 is 5.97 Å². The molecule has 0 spiro atoms. The number of allylic oxidation sites excluding steroid dienone is 1. The van der Waals surface area contributed by atoms with Crippen LogP contribution in [-0.2, 0) is 4.79 Å². The molecule has 0 bridgehead atoms. The Morgan fingerprint density at radius 3 is 2.52 bits per heavy atom. The number of fused-ring (bicyclic) bond motifs is 1. The third kappa shape index (κ3) is 3.33. The minimum atomic E-state index is -1.01. The van der Waals surface area contributed by atoms with Crippen molar-refractivity contribution in [2.75, 3.05) is 12.4 Å². The van der Waals surface area contributed by atoms with Gasteiger partial charge in [-0.2, -0.15) is 5.10 Å². The normalized spacial score (nSPS) is 15.5. The lowest BCUT2D eigenvalue weighted by Crippen LogP contribution is -2.23. The van der Waals surface area contributed by atoms with Crippen molar-refractivity contribution < 1.29 is 14.6 Å². The molecule has 0 saturated heterocycles. The van der Waals surface area contributed by atoms with Gasteiger partial charge in [0.2, 0.25) is 0 Å². The number of anilines is 1. The molecule has 1 aliphatic rings. The number of halogens is 1. The highest BCUT2D eigenvalue weighted by molar-refractivity contribution is 9.10. The molecule has 0 radical (unpaired) electrons. The molecule has 0 saturated carbocycles. The Balaban J connectivity index is 1.79. The lowest BCUT2D eigenvalue weighted by atomic mass is 10.0. The Kier molecular flexibility index (Phi) is 4.45. The van der Waals surface area contributed by atoms with Gasteiger partial charge in [-0.3, -0.25) is 0 Å². The minimum absolute atomic E-state index is 0.130. The molecule has 2 N–H and O–H groups in total. The van der Waals surface area contributed by atoms with Crippen LogP contribution in [0.5, 0.6) is 5.75 Å². The summed E-state index contributed by atoms with van der Waals surface area (Å²) in [6, 6.07) is 16.9. The van der Waals surface area contributed by atoms with Gasteiger partial charge in [0.05, 0.1) is 18.8 Å². The fourth-order valence-corrected chi connectivity index (χ4v) is 3.30. The van der Waals surface area contributed by atoms with Crippen LogP contribution in [0, 0.1) is 0 Å². The van der Waals surface area contributed by atoms with E-state index in [0.29, 0.717) is 5.82 Å². The second kappa shape index (κ2) is 6.92. The van der Waals surface area contributed by atoms with Crippen LogP contribution in [0.4, 0.5) is 5.82 Å². The van der Waals surface area contributed by atoms with Crippen molar-refractivity contribution in [2.45, 2.75) is 6.04 Å². The average Bonchev–Trinajstić information content (AvgIpc) is 3.12. The summed E-state index contributed by atoms with van der Waals surface area (Å²) < 4.78 is 7.99. The number of benzene rings is 2. The van der Waals surface area contributed by atoms with Crippen molar-refractivity contribution in [1.82, 2.24) is 9.78 Å². The van der Waals surface area contributed by atoms with E-state index in [9.17, 15) is 9.90 Å². The number of carboxylic acid groups (broad SMARTS) is 1. The molecule has 2 aromatic carbocycles. The van der Waals surface area contributed by atoms with Crippen LogP contribution in [-0.4, -0.2) is 28.0 Å². The molecule has 7 heteroatoms. The zero-order valence-electron chi connectivity index (χ0n) is 14.4. The highest BCUT2D eigenvalue weighted by Gasteiger charge is 2.26. The molecule has 1 atom stereocenters. The zero-order chi connectivity index (χ0) is 19.0. The van der Waals surface area contributed by atoms with Gasteiger partial charge in [0.15, 0.2) is 0 Å². The molecule has 0 fully saturated rings. The second-order valence-corrected chi connectivity index (χ2v) is 7.01. The van der Waals surface area contributed by atoms with Crippen LogP contribution in [0.3, 0.4) is 0 Å². The van der Waals surface area contributed by atoms with Gasteiger partial charge < -0.3 is 15.2 Å². The summed E-state index contributed by atoms with van der Waals surface area (Å²) in [7, 11) is 1.61.